The molecule has 1 aliphatic rings. The molecule has 8 atom stereocenters. The largest absolute Gasteiger partial charge is 0.480 e. The zero-order chi connectivity index (χ0) is 61.2. The first kappa shape index (κ1) is 67.8. The number of allylic oxidation sites excluding steroid dienone is 1. The maximum Gasteiger partial charge on any atom is 0.408 e. The predicted octanol–water partition coefficient (Wildman–Crippen LogP) is 8.69. The summed E-state index contributed by atoms with van der Waals surface area (Å²) in [5.74, 6) is -5.81. The number of thioether (sulfide) groups is 1. The highest BCUT2D eigenvalue weighted by molar-refractivity contribution is 7.98. The Bertz CT molecular complexity index is 2740. The van der Waals surface area contributed by atoms with Crippen LogP contribution in [0.3, 0.4) is 0 Å². The number of nitrogens with one attached hydrogen (secondary N) is 4. The zero-order valence-electron chi connectivity index (χ0n) is 49.9. The van der Waals surface area contributed by atoms with E-state index < -0.39 is 102 Å². The summed E-state index contributed by atoms with van der Waals surface area (Å²) in [7, 11) is 2.80. The van der Waals surface area contributed by atoms with Gasteiger partial charge in [0.2, 0.25) is 29.5 Å². The van der Waals surface area contributed by atoms with E-state index in [9.17, 15) is 43.5 Å². The van der Waals surface area contributed by atoms with E-state index in [0.717, 1.165) is 32.7 Å². The van der Waals surface area contributed by atoms with Crippen molar-refractivity contribution in [3.63, 3.8) is 0 Å². The first-order valence-electron chi connectivity index (χ1n) is 27.8. The number of carbonyl (C=O) groups excluding carboxylic acids is 7. The van der Waals surface area contributed by atoms with Crippen LogP contribution in [0.1, 0.15) is 118 Å². The number of hydrogen-bond donors (Lipinski definition) is 5. The van der Waals surface area contributed by atoms with Gasteiger partial charge in [0.25, 0.3) is 0 Å². The van der Waals surface area contributed by atoms with Gasteiger partial charge in [0, 0.05) is 42.9 Å². The predicted molar refractivity (Wildman–Crippen MR) is 320 cm³/mol. The Morgan fingerprint density at radius 3 is 1.99 bits per heavy atom. The summed E-state index contributed by atoms with van der Waals surface area (Å²) < 4.78 is 18.3. The molecule has 0 bridgehead atoms. The number of alkyl carbamates (subject to hydrolysis) is 1. The van der Waals surface area contributed by atoms with Gasteiger partial charge in [-0.25, -0.2) is 14.4 Å². The standard InChI is InChI=1S/C62H85ClN6O12S/c1-15-37(5)53(59(75)76)66-52(70)33-68(12)58(74)50(32-42-26-28-43(63)29-27-42)69(13)57(73)41(9)64-56(72)49(31-36(3)4)65-55(71)39(7)25-30-51(80-35-82-14)40(8)54(38(6)16-2)81-60(77)62(10,11)67-61(78)79-34-48-46-23-19-17-21-44(46)45-22-18-20-24-47(45)48/h16-29,36-37,40-41,48-51,53-54H,15,30-35H2,1-14H3,(H,64,72)(H,65,71)(H,66,70)(H,67,78)(H,75,76)/b38-16+,39-25+/t37-,40+,41+,49-,50-,51+,53+,54-/m1/s1. The van der Waals surface area contributed by atoms with Crippen LogP contribution in [0.4, 0.5) is 4.79 Å². The monoisotopic (exact) mass is 1170 g/mol. The smallest absolute Gasteiger partial charge is 0.408 e. The van der Waals surface area contributed by atoms with Crippen molar-refractivity contribution in [3.8, 4) is 11.1 Å². The van der Waals surface area contributed by atoms with Crippen LogP contribution in [0.15, 0.2) is 96.1 Å². The molecule has 1 aliphatic carbocycles. The van der Waals surface area contributed by atoms with Gasteiger partial charge in [0.15, 0.2) is 0 Å². The number of esters is 1. The van der Waals surface area contributed by atoms with E-state index in [0.29, 0.717) is 22.9 Å². The Labute approximate surface area is 493 Å². The number of carboxylic acids is 1. The first-order valence-corrected chi connectivity index (χ1v) is 29.6. The van der Waals surface area contributed by atoms with E-state index in [1.165, 1.54) is 37.7 Å². The molecule has 6 amide bonds. The summed E-state index contributed by atoms with van der Waals surface area (Å²) in [4.78, 5) is 111. The number of ether oxygens (including phenoxy) is 3. The van der Waals surface area contributed by atoms with Crippen LogP contribution in [0.2, 0.25) is 5.02 Å². The third-order valence-electron chi connectivity index (χ3n) is 14.9. The molecule has 82 heavy (non-hydrogen) atoms. The van der Waals surface area contributed by atoms with Crippen LogP contribution in [0, 0.1) is 17.8 Å². The fraction of sp³-hybridized carbons (Fsp3) is 0.516. The molecule has 3 aromatic carbocycles. The summed E-state index contributed by atoms with van der Waals surface area (Å²) >= 11 is 7.60. The molecule has 448 valence electrons. The van der Waals surface area contributed by atoms with Crippen molar-refractivity contribution < 1.29 is 57.7 Å². The van der Waals surface area contributed by atoms with Gasteiger partial charge in [-0.15, -0.1) is 11.8 Å². The highest BCUT2D eigenvalue weighted by Crippen LogP contribution is 2.44. The molecule has 0 saturated carbocycles. The molecule has 0 fully saturated rings. The summed E-state index contributed by atoms with van der Waals surface area (Å²) in [5.41, 5.74) is 4.45. The fourth-order valence-electron chi connectivity index (χ4n) is 9.65. The van der Waals surface area contributed by atoms with Crippen LogP contribution in [-0.4, -0.2) is 144 Å². The Balaban J connectivity index is 1.44. The number of rotatable bonds is 30. The minimum absolute atomic E-state index is 0.0111. The number of carboxylic acid groups (broad SMARTS) is 1. The number of amides is 6. The normalized spacial score (nSPS) is 15.5. The molecule has 0 aromatic heterocycles. The van der Waals surface area contributed by atoms with Gasteiger partial charge in [-0.1, -0.05) is 125 Å². The summed E-state index contributed by atoms with van der Waals surface area (Å²) in [5, 5.41) is 21.0. The Hall–Kier alpha value is -6.70. The van der Waals surface area contributed by atoms with Crippen molar-refractivity contribution in [2.24, 2.45) is 17.8 Å². The number of carbonyl (C=O) groups is 8. The van der Waals surface area contributed by atoms with Crippen LogP contribution >= 0.6 is 23.4 Å². The number of halogens is 1. The van der Waals surface area contributed by atoms with Crippen LogP contribution in [0.25, 0.3) is 11.1 Å². The van der Waals surface area contributed by atoms with E-state index in [2.05, 4.69) is 21.3 Å². The first-order chi connectivity index (χ1) is 38.6. The van der Waals surface area contributed by atoms with E-state index in [1.807, 2.05) is 95.5 Å². The maximum atomic E-state index is 14.2. The van der Waals surface area contributed by atoms with Crippen molar-refractivity contribution in [3.05, 3.63) is 118 Å². The van der Waals surface area contributed by atoms with E-state index >= 15 is 0 Å². The van der Waals surface area contributed by atoms with Gasteiger partial charge >= 0.3 is 18.0 Å². The maximum absolute atomic E-state index is 14.2. The molecule has 0 unspecified atom stereocenters. The van der Waals surface area contributed by atoms with Crippen LogP contribution in [-0.2, 0) is 54.2 Å². The second-order valence-electron chi connectivity index (χ2n) is 22.2. The van der Waals surface area contributed by atoms with Crippen molar-refractivity contribution in [1.29, 1.82) is 0 Å². The number of hydrogen-bond acceptors (Lipinski definition) is 12. The highest BCUT2D eigenvalue weighted by atomic mass is 35.5. The molecular formula is C62H85ClN6O12S. The van der Waals surface area contributed by atoms with E-state index in [1.54, 1.807) is 65.0 Å². The Morgan fingerprint density at radius 2 is 1.44 bits per heavy atom. The summed E-state index contributed by atoms with van der Waals surface area (Å²) in [6, 6.07) is 18.1. The van der Waals surface area contributed by atoms with Crippen molar-refractivity contribution in [2.75, 3.05) is 39.4 Å². The molecule has 0 heterocycles. The van der Waals surface area contributed by atoms with Gasteiger partial charge in [0.05, 0.1) is 18.6 Å². The second kappa shape index (κ2) is 31.7. The number of nitrogens with zero attached hydrogens (tertiary/aromatic N) is 2. The Morgan fingerprint density at radius 1 is 0.841 bits per heavy atom. The topological polar surface area (TPSA) is 239 Å². The SMILES string of the molecule is C/C=C(\C)[C@@H](OC(=O)C(C)(C)NC(=O)OCC1c2ccccc2-c2ccccc21)[C@@H](C)[C@H](C/C=C(\C)C(=O)N[C@H](CC(C)C)C(=O)N[C@@H](C)C(=O)N(C)[C@H](Cc1ccc(Cl)cc1)C(=O)N(C)CC(=O)N[C@H](C(=O)O)[C@H](C)CC)OCSC. The van der Waals surface area contributed by atoms with Gasteiger partial charge in [0.1, 0.15) is 42.4 Å². The fourth-order valence-corrected chi connectivity index (χ4v) is 10.1. The lowest BCUT2D eigenvalue weighted by molar-refractivity contribution is -0.158. The summed E-state index contributed by atoms with van der Waals surface area (Å²) in [6.07, 6.45) is 4.19. The van der Waals surface area contributed by atoms with E-state index in [4.69, 9.17) is 25.8 Å². The highest BCUT2D eigenvalue weighted by Gasteiger charge is 2.39. The second-order valence-corrected chi connectivity index (χ2v) is 23.4. The molecule has 20 heteroatoms. The van der Waals surface area contributed by atoms with Gasteiger partial charge in [-0.2, -0.15) is 0 Å². The molecule has 0 aliphatic heterocycles. The number of aliphatic carboxylic acids is 1. The molecule has 4 rings (SSSR count). The van der Waals surface area contributed by atoms with Crippen LogP contribution < -0.4 is 21.3 Å². The van der Waals surface area contributed by atoms with Crippen LogP contribution in [0.5, 0.6) is 0 Å². The van der Waals surface area contributed by atoms with Crippen molar-refractivity contribution in [2.45, 2.75) is 150 Å². The molecule has 3 aromatic rings. The number of likely N-dealkylation sites (N-methyl/N-ethyl adjacent to an activating group) is 2. The molecule has 0 saturated heterocycles. The van der Waals surface area contributed by atoms with Gasteiger partial charge < -0.3 is 50.4 Å². The van der Waals surface area contributed by atoms with Crippen molar-refractivity contribution in [1.82, 2.24) is 31.1 Å². The number of fused-ring (bicyclic) bond motifs is 3. The average molecular weight is 1170 g/mol. The molecular weight excluding hydrogens is 1090 g/mol. The minimum atomic E-state index is -1.50. The molecule has 0 spiro atoms. The third kappa shape index (κ3) is 18.9. The average Bonchev–Trinajstić information content (AvgIpc) is 3.96. The molecule has 18 nitrogen and oxygen atoms in total. The van der Waals surface area contributed by atoms with Gasteiger partial charge in [-0.3, -0.25) is 24.0 Å². The lowest BCUT2D eigenvalue weighted by Gasteiger charge is -2.34. The van der Waals surface area contributed by atoms with Crippen molar-refractivity contribution >= 4 is 70.9 Å². The quantitative estimate of drug-likeness (QED) is 0.0182. The lowest BCUT2D eigenvalue weighted by atomic mass is 9.90. The summed E-state index contributed by atoms with van der Waals surface area (Å²) in [6.45, 7) is 18.6. The lowest BCUT2D eigenvalue weighted by Crippen LogP contribution is -2.57. The number of benzene rings is 3. The Kier molecular flexibility index (Phi) is 26.2. The zero-order valence-corrected chi connectivity index (χ0v) is 51.5. The molecule has 5 N–H and O–H groups in total. The van der Waals surface area contributed by atoms with E-state index in [-0.39, 0.29) is 49.2 Å². The third-order valence-corrected chi connectivity index (χ3v) is 15.6. The molecule has 0 radical (unpaired) electrons. The van der Waals surface area contributed by atoms with Gasteiger partial charge in [-0.05, 0) is 118 Å². The minimum Gasteiger partial charge on any atom is -0.480 e.